The molecular formula is C21H31NO7. The number of aromatic hydroxyl groups is 1. The van der Waals surface area contributed by atoms with Crippen LogP contribution < -0.4 is 4.90 Å². The van der Waals surface area contributed by atoms with Crippen molar-refractivity contribution in [1.82, 2.24) is 0 Å². The molecule has 1 heterocycles. The Morgan fingerprint density at radius 2 is 1.62 bits per heavy atom. The van der Waals surface area contributed by atoms with Crippen LogP contribution in [0.4, 0.5) is 15.3 Å². The first kappa shape index (κ1) is 23.0. The normalized spacial score (nSPS) is 19.7. The first-order valence-electron chi connectivity index (χ1n) is 9.51. The van der Waals surface area contributed by atoms with Crippen LogP contribution >= 0.6 is 0 Å². The van der Waals surface area contributed by atoms with Crippen molar-refractivity contribution in [3.8, 4) is 5.75 Å². The van der Waals surface area contributed by atoms with Crippen molar-refractivity contribution in [2.75, 3.05) is 25.2 Å². The lowest BCUT2D eigenvalue weighted by Crippen LogP contribution is -2.44. The molecule has 1 aromatic rings. The molecule has 1 N–H and O–H groups in total. The maximum atomic E-state index is 12.9. The second-order valence-corrected chi connectivity index (χ2v) is 8.97. The minimum absolute atomic E-state index is 0.0469. The number of rotatable bonds is 3. The lowest BCUT2D eigenvalue weighted by molar-refractivity contribution is -0.0228. The molecule has 1 fully saturated rings. The number of methoxy groups -OCH3 is 1. The van der Waals surface area contributed by atoms with E-state index in [1.54, 1.807) is 53.7 Å². The minimum atomic E-state index is -0.951. The molecule has 1 aromatic carbocycles. The zero-order chi connectivity index (χ0) is 22.0. The van der Waals surface area contributed by atoms with Crippen LogP contribution in [0.25, 0.3) is 0 Å². The SMILES string of the molecule is COC1(c2cccc(N(C(=O)OC(C)(C)C)C(=O)OC(C)(C)C)c2O)CCOC1. The number of hydrogen-bond donors (Lipinski definition) is 1. The third-order valence-electron chi connectivity index (χ3n) is 4.27. The third kappa shape index (κ3) is 5.39. The number of amides is 2. The van der Waals surface area contributed by atoms with Crippen LogP contribution in [0.2, 0.25) is 0 Å². The van der Waals surface area contributed by atoms with Crippen LogP contribution in [0.3, 0.4) is 0 Å². The van der Waals surface area contributed by atoms with Gasteiger partial charge in [0.2, 0.25) is 0 Å². The third-order valence-corrected chi connectivity index (χ3v) is 4.27. The summed E-state index contributed by atoms with van der Waals surface area (Å²) in [6.07, 6.45) is -1.37. The Morgan fingerprint density at radius 3 is 2.03 bits per heavy atom. The summed E-state index contributed by atoms with van der Waals surface area (Å²) in [5.41, 5.74) is -2.19. The number of carbonyl (C=O) groups excluding carboxylic acids is 2. The van der Waals surface area contributed by atoms with Crippen LogP contribution in [0, 0.1) is 0 Å². The second kappa shape index (κ2) is 8.20. The van der Waals surface area contributed by atoms with Crippen LogP contribution in [0.15, 0.2) is 18.2 Å². The summed E-state index contributed by atoms with van der Waals surface area (Å²) in [7, 11) is 1.53. The highest BCUT2D eigenvalue weighted by Crippen LogP contribution is 2.43. The van der Waals surface area contributed by atoms with Crippen molar-refractivity contribution >= 4 is 17.9 Å². The largest absolute Gasteiger partial charge is 0.505 e. The predicted octanol–water partition coefficient (Wildman–Crippen LogP) is 4.33. The van der Waals surface area contributed by atoms with Crippen molar-refractivity contribution in [3.05, 3.63) is 23.8 Å². The Balaban J connectivity index is 2.54. The minimum Gasteiger partial charge on any atom is -0.505 e. The molecule has 1 atom stereocenters. The molecule has 0 bridgehead atoms. The van der Waals surface area contributed by atoms with E-state index >= 15 is 0 Å². The van der Waals surface area contributed by atoms with E-state index in [4.69, 9.17) is 18.9 Å². The number of benzene rings is 1. The Bertz CT molecular complexity index is 727. The number of carbonyl (C=O) groups is 2. The van der Waals surface area contributed by atoms with Crippen molar-refractivity contribution in [1.29, 1.82) is 0 Å². The van der Waals surface area contributed by atoms with Gasteiger partial charge in [-0.05, 0) is 47.6 Å². The number of imide groups is 1. The molecule has 162 valence electrons. The number of hydrogen-bond acceptors (Lipinski definition) is 7. The number of ether oxygens (including phenoxy) is 4. The Hall–Kier alpha value is -2.32. The van der Waals surface area contributed by atoms with E-state index in [2.05, 4.69) is 0 Å². The van der Waals surface area contributed by atoms with E-state index in [0.29, 0.717) is 23.5 Å². The monoisotopic (exact) mass is 409 g/mol. The molecule has 8 nitrogen and oxygen atoms in total. The highest BCUT2D eigenvalue weighted by molar-refractivity contribution is 6.10. The summed E-state index contributed by atoms with van der Waals surface area (Å²) in [6.45, 7) is 10.8. The van der Waals surface area contributed by atoms with Crippen molar-refractivity contribution in [2.45, 2.75) is 64.8 Å². The van der Waals surface area contributed by atoms with Gasteiger partial charge in [0.25, 0.3) is 0 Å². The fourth-order valence-electron chi connectivity index (χ4n) is 3.00. The van der Waals surface area contributed by atoms with E-state index < -0.39 is 29.0 Å². The Labute approximate surface area is 171 Å². The smallest absolute Gasteiger partial charge is 0.424 e. The zero-order valence-electron chi connectivity index (χ0n) is 18.2. The molecule has 0 radical (unpaired) electrons. The van der Waals surface area contributed by atoms with Gasteiger partial charge in [0.05, 0.1) is 6.61 Å². The molecule has 1 saturated heterocycles. The number of phenolic OH excluding ortho intramolecular Hbond substituents is 1. The molecule has 2 amide bonds. The summed E-state index contributed by atoms with van der Waals surface area (Å²) < 4.78 is 21.9. The number of para-hydroxylation sites is 1. The molecule has 0 aliphatic carbocycles. The molecule has 0 spiro atoms. The van der Waals surface area contributed by atoms with Crippen LogP contribution in [0.1, 0.15) is 53.5 Å². The van der Waals surface area contributed by atoms with Gasteiger partial charge in [0, 0.05) is 25.7 Å². The Morgan fingerprint density at radius 1 is 1.07 bits per heavy atom. The van der Waals surface area contributed by atoms with E-state index in [9.17, 15) is 14.7 Å². The number of nitrogens with zero attached hydrogens (tertiary/aromatic N) is 1. The predicted molar refractivity (Wildman–Crippen MR) is 107 cm³/mol. The van der Waals surface area contributed by atoms with E-state index in [0.717, 1.165) is 0 Å². The van der Waals surface area contributed by atoms with Crippen LogP contribution in [0.5, 0.6) is 5.75 Å². The molecule has 1 unspecified atom stereocenters. The molecule has 29 heavy (non-hydrogen) atoms. The van der Waals surface area contributed by atoms with Crippen molar-refractivity contribution in [3.63, 3.8) is 0 Å². The molecule has 0 aromatic heterocycles. The molecule has 8 heteroatoms. The maximum absolute atomic E-state index is 12.9. The summed E-state index contributed by atoms with van der Waals surface area (Å²) in [5.74, 6) is -0.267. The number of phenols is 1. The second-order valence-electron chi connectivity index (χ2n) is 8.97. The fourth-order valence-corrected chi connectivity index (χ4v) is 3.00. The molecular weight excluding hydrogens is 378 g/mol. The molecule has 1 aliphatic heterocycles. The van der Waals surface area contributed by atoms with Gasteiger partial charge in [-0.2, -0.15) is 4.90 Å². The van der Waals surface area contributed by atoms with Gasteiger partial charge in [0.1, 0.15) is 28.2 Å². The maximum Gasteiger partial charge on any atom is 0.424 e. The Kier molecular flexibility index (Phi) is 6.49. The van der Waals surface area contributed by atoms with Crippen molar-refractivity contribution in [2.24, 2.45) is 0 Å². The summed E-state index contributed by atoms with van der Waals surface area (Å²) in [6, 6.07) is 4.76. The first-order chi connectivity index (χ1) is 13.3. The zero-order valence-corrected chi connectivity index (χ0v) is 18.2. The lowest BCUT2D eigenvalue weighted by atomic mass is 9.91. The highest BCUT2D eigenvalue weighted by Gasteiger charge is 2.41. The fraction of sp³-hybridized carbons (Fsp3) is 0.619. The van der Waals surface area contributed by atoms with Gasteiger partial charge in [-0.1, -0.05) is 12.1 Å². The quantitative estimate of drug-likeness (QED) is 0.794. The van der Waals surface area contributed by atoms with Crippen LogP contribution in [-0.2, 0) is 24.5 Å². The standard InChI is InChI=1S/C21H31NO7/c1-19(2,3)28-17(24)22(18(25)29-20(4,5)6)15-10-8-9-14(16(15)23)21(26-7)11-12-27-13-21/h8-10,23H,11-13H2,1-7H3. The van der Waals surface area contributed by atoms with Gasteiger partial charge in [-0.3, -0.25) is 0 Å². The van der Waals surface area contributed by atoms with Gasteiger partial charge in [-0.25, -0.2) is 9.59 Å². The summed E-state index contributed by atoms with van der Waals surface area (Å²) >= 11 is 0. The average Bonchev–Trinajstić information content (AvgIpc) is 3.03. The van der Waals surface area contributed by atoms with E-state index in [1.165, 1.54) is 13.2 Å². The van der Waals surface area contributed by atoms with Gasteiger partial charge in [0.15, 0.2) is 0 Å². The van der Waals surface area contributed by atoms with E-state index in [1.807, 2.05) is 0 Å². The molecule has 1 aliphatic rings. The molecule has 2 rings (SSSR count). The molecule has 0 saturated carbocycles. The number of anilines is 1. The summed E-state index contributed by atoms with van der Waals surface area (Å²) in [4.78, 5) is 26.4. The van der Waals surface area contributed by atoms with Gasteiger partial charge in [-0.15, -0.1) is 0 Å². The van der Waals surface area contributed by atoms with Crippen LogP contribution in [-0.4, -0.2) is 48.8 Å². The lowest BCUT2D eigenvalue weighted by Gasteiger charge is -2.31. The van der Waals surface area contributed by atoms with Crippen molar-refractivity contribution < 1.29 is 33.6 Å². The first-order valence-corrected chi connectivity index (χ1v) is 9.51. The summed E-state index contributed by atoms with van der Waals surface area (Å²) in [5, 5.41) is 11.0. The average molecular weight is 409 g/mol. The van der Waals surface area contributed by atoms with Gasteiger partial charge < -0.3 is 24.1 Å². The topological polar surface area (TPSA) is 94.5 Å². The van der Waals surface area contributed by atoms with E-state index in [-0.39, 0.29) is 18.0 Å². The van der Waals surface area contributed by atoms with Gasteiger partial charge >= 0.3 is 12.2 Å². The highest BCUT2D eigenvalue weighted by atomic mass is 16.6.